The van der Waals surface area contributed by atoms with E-state index in [2.05, 4.69) is 5.32 Å². The predicted octanol–water partition coefficient (Wildman–Crippen LogP) is 3.92. The van der Waals surface area contributed by atoms with Crippen LogP contribution >= 0.6 is 0 Å². The molecule has 1 fully saturated rings. The minimum absolute atomic E-state index is 0.0166. The molecule has 0 bridgehead atoms. The molecule has 0 saturated carbocycles. The van der Waals surface area contributed by atoms with E-state index in [-0.39, 0.29) is 36.3 Å². The standard InChI is InChI=1S/C26H26FN3O4S/c1-19-6-4-7-20(18-19)25(31)28-24-9-3-2-8-23(24)26(32)29-14-5-15-30(17-16-29)35(33,34)22-12-10-21(27)11-13-22/h2-4,6-13,18H,5,14-17H2,1H3,(H,28,31). The first-order chi connectivity index (χ1) is 16.8. The third kappa shape index (κ3) is 5.58. The van der Waals surface area contributed by atoms with Gasteiger partial charge in [0, 0.05) is 31.7 Å². The molecular formula is C26H26FN3O4S. The predicted molar refractivity (Wildman–Crippen MR) is 131 cm³/mol. The molecule has 1 saturated heterocycles. The van der Waals surface area contributed by atoms with Gasteiger partial charge >= 0.3 is 0 Å². The molecule has 35 heavy (non-hydrogen) atoms. The normalized spacial score (nSPS) is 14.9. The molecule has 0 atom stereocenters. The van der Waals surface area contributed by atoms with Crippen molar-refractivity contribution in [2.45, 2.75) is 18.2 Å². The number of halogens is 1. The largest absolute Gasteiger partial charge is 0.337 e. The lowest BCUT2D eigenvalue weighted by Gasteiger charge is -2.23. The van der Waals surface area contributed by atoms with Gasteiger partial charge in [-0.25, -0.2) is 12.8 Å². The van der Waals surface area contributed by atoms with Crippen LogP contribution in [0.15, 0.2) is 77.7 Å². The first-order valence-corrected chi connectivity index (χ1v) is 12.7. The molecule has 0 radical (unpaired) electrons. The molecule has 0 aliphatic carbocycles. The van der Waals surface area contributed by atoms with Crippen LogP contribution in [0, 0.1) is 12.7 Å². The zero-order valence-electron chi connectivity index (χ0n) is 19.3. The Hall–Kier alpha value is -3.56. The monoisotopic (exact) mass is 495 g/mol. The second kappa shape index (κ2) is 10.4. The Balaban J connectivity index is 1.49. The van der Waals surface area contributed by atoms with Gasteiger partial charge in [-0.1, -0.05) is 29.8 Å². The van der Waals surface area contributed by atoms with Crippen LogP contribution in [0.4, 0.5) is 10.1 Å². The van der Waals surface area contributed by atoms with Crippen LogP contribution in [-0.4, -0.2) is 55.6 Å². The fourth-order valence-corrected chi connectivity index (χ4v) is 5.49. The molecule has 0 spiro atoms. The number of hydrogen-bond donors (Lipinski definition) is 1. The lowest BCUT2D eigenvalue weighted by Crippen LogP contribution is -2.37. The van der Waals surface area contributed by atoms with Crippen molar-refractivity contribution in [3.05, 3.63) is 95.3 Å². The highest BCUT2D eigenvalue weighted by Gasteiger charge is 2.29. The Labute approximate surface area is 204 Å². The number of carbonyl (C=O) groups excluding carboxylic acids is 2. The number of rotatable bonds is 5. The van der Waals surface area contributed by atoms with Crippen molar-refractivity contribution in [1.82, 2.24) is 9.21 Å². The van der Waals surface area contributed by atoms with Gasteiger partial charge in [-0.2, -0.15) is 4.31 Å². The average Bonchev–Trinajstić information content (AvgIpc) is 3.11. The molecule has 2 amide bonds. The molecule has 1 N–H and O–H groups in total. The van der Waals surface area contributed by atoms with E-state index in [1.54, 1.807) is 47.4 Å². The fourth-order valence-electron chi connectivity index (χ4n) is 4.02. The van der Waals surface area contributed by atoms with Crippen molar-refractivity contribution in [3.63, 3.8) is 0 Å². The number of aryl methyl sites for hydroxylation is 1. The molecule has 0 unspecified atom stereocenters. The lowest BCUT2D eigenvalue weighted by atomic mass is 10.1. The molecule has 1 heterocycles. The third-order valence-electron chi connectivity index (χ3n) is 5.88. The van der Waals surface area contributed by atoms with E-state index in [1.807, 2.05) is 13.0 Å². The maximum absolute atomic E-state index is 13.4. The first-order valence-electron chi connectivity index (χ1n) is 11.3. The number of carbonyl (C=O) groups is 2. The molecule has 3 aromatic rings. The van der Waals surface area contributed by atoms with E-state index in [9.17, 15) is 22.4 Å². The number of sulfonamides is 1. The highest BCUT2D eigenvalue weighted by molar-refractivity contribution is 7.89. The number of nitrogens with one attached hydrogen (secondary N) is 1. The zero-order chi connectivity index (χ0) is 25.0. The minimum Gasteiger partial charge on any atom is -0.337 e. The van der Waals surface area contributed by atoms with Crippen LogP contribution in [0.5, 0.6) is 0 Å². The molecule has 1 aliphatic heterocycles. The maximum atomic E-state index is 13.4. The highest BCUT2D eigenvalue weighted by Crippen LogP contribution is 2.22. The van der Waals surface area contributed by atoms with E-state index in [1.165, 1.54) is 16.4 Å². The number of nitrogens with zero attached hydrogens (tertiary/aromatic N) is 2. The van der Waals surface area contributed by atoms with Crippen molar-refractivity contribution < 1.29 is 22.4 Å². The van der Waals surface area contributed by atoms with Gasteiger partial charge in [-0.05, 0) is 61.9 Å². The van der Waals surface area contributed by atoms with E-state index < -0.39 is 15.8 Å². The highest BCUT2D eigenvalue weighted by atomic mass is 32.2. The Kier molecular flexibility index (Phi) is 7.28. The summed E-state index contributed by atoms with van der Waals surface area (Å²) in [6.07, 6.45) is 0.448. The molecule has 3 aromatic carbocycles. The summed E-state index contributed by atoms with van der Waals surface area (Å²) in [6, 6.07) is 18.7. The Morgan fingerprint density at radius 2 is 1.63 bits per heavy atom. The van der Waals surface area contributed by atoms with Crippen molar-refractivity contribution in [2.24, 2.45) is 0 Å². The van der Waals surface area contributed by atoms with Gasteiger partial charge in [0.15, 0.2) is 0 Å². The van der Waals surface area contributed by atoms with Crippen LogP contribution < -0.4 is 5.32 Å². The molecule has 1 aliphatic rings. The quantitative estimate of drug-likeness (QED) is 0.581. The summed E-state index contributed by atoms with van der Waals surface area (Å²) in [5.41, 5.74) is 2.17. The van der Waals surface area contributed by atoms with E-state index in [0.717, 1.165) is 17.7 Å². The van der Waals surface area contributed by atoms with E-state index in [0.29, 0.717) is 29.8 Å². The summed E-state index contributed by atoms with van der Waals surface area (Å²) in [5, 5.41) is 2.83. The SMILES string of the molecule is Cc1cccc(C(=O)Nc2ccccc2C(=O)N2CCCN(S(=O)(=O)c3ccc(F)cc3)CC2)c1. The summed E-state index contributed by atoms with van der Waals surface area (Å²) in [6.45, 7) is 2.82. The third-order valence-corrected chi connectivity index (χ3v) is 7.79. The lowest BCUT2D eigenvalue weighted by molar-refractivity contribution is 0.0765. The Bertz CT molecular complexity index is 1340. The van der Waals surface area contributed by atoms with Gasteiger partial charge in [-0.15, -0.1) is 0 Å². The smallest absolute Gasteiger partial charge is 0.256 e. The van der Waals surface area contributed by atoms with Crippen LogP contribution in [0.3, 0.4) is 0 Å². The molecular weight excluding hydrogens is 469 g/mol. The number of hydrogen-bond acceptors (Lipinski definition) is 4. The van der Waals surface area contributed by atoms with Crippen molar-refractivity contribution in [2.75, 3.05) is 31.5 Å². The first kappa shape index (κ1) is 24.6. The van der Waals surface area contributed by atoms with Gasteiger partial charge in [0.05, 0.1) is 16.1 Å². The summed E-state index contributed by atoms with van der Waals surface area (Å²) in [7, 11) is -3.80. The van der Waals surface area contributed by atoms with Gasteiger partial charge in [0.1, 0.15) is 5.82 Å². The number of anilines is 1. The van der Waals surface area contributed by atoms with Crippen molar-refractivity contribution in [3.8, 4) is 0 Å². The summed E-state index contributed by atoms with van der Waals surface area (Å²) in [4.78, 5) is 27.7. The number of benzene rings is 3. The summed E-state index contributed by atoms with van der Waals surface area (Å²) >= 11 is 0. The van der Waals surface area contributed by atoms with Gasteiger partial charge in [0.2, 0.25) is 10.0 Å². The summed E-state index contributed by atoms with van der Waals surface area (Å²) in [5.74, 6) is -1.11. The van der Waals surface area contributed by atoms with E-state index in [4.69, 9.17) is 0 Å². The second-order valence-corrected chi connectivity index (χ2v) is 10.3. The Morgan fingerprint density at radius 1 is 0.886 bits per heavy atom. The van der Waals surface area contributed by atoms with Gasteiger partial charge in [0.25, 0.3) is 11.8 Å². The Morgan fingerprint density at radius 3 is 2.37 bits per heavy atom. The summed E-state index contributed by atoms with van der Waals surface area (Å²) < 4.78 is 40.5. The number of para-hydroxylation sites is 1. The van der Waals surface area contributed by atoms with Crippen LogP contribution in [0.25, 0.3) is 0 Å². The second-order valence-electron chi connectivity index (χ2n) is 8.37. The molecule has 182 valence electrons. The molecule has 7 nitrogen and oxygen atoms in total. The minimum atomic E-state index is -3.80. The average molecular weight is 496 g/mol. The van der Waals surface area contributed by atoms with Gasteiger partial charge in [-0.3, -0.25) is 9.59 Å². The molecule has 0 aromatic heterocycles. The molecule has 9 heteroatoms. The fraction of sp³-hybridized carbons (Fsp3) is 0.231. The maximum Gasteiger partial charge on any atom is 0.256 e. The topological polar surface area (TPSA) is 86.8 Å². The molecule has 4 rings (SSSR count). The van der Waals surface area contributed by atoms with Crippen LogP contribution in [0.2, 0.25) is 0 Å². The van der Waals surface area contributed by atoms with E-state index >= 15 is 0 Å². The van der Waals surface area contributed by atoms with Gasteiger partial charge < -0.3 is 10.2 Å². The van der Waals surface area contributed by atoms with Crippen molar-refractivity contribution >= 4 is 27.5 Å². The zero-order valence-corrected chi connectivity index (χ0v) is 20.1. The van der Waals surface area contributed by atoms with Crippen LogP contribution in [0.1, 0.15) is 32.7 Å². The number of amides is 2. The van der Waals surface area contributed by atoms with Crippen molar-refractivity contribution in [1.29, 1.82) is 0 Å². The van der Waals surface area contributed by atoms with Crippen LogP contribution in [-0.2, 0) is 10.0 Å².